The number of aromatic carboxylic acids is 1. The van der Waals surface area contributed by atoms with Gasteiger partial charge >= 0.3 is 11.9 Å². The molecule has 3 aromatic carbocycles. The zero-order chi connectivity index (χ0) is 24.5. The van der Waals surface area contributed by atoms with Crippen LogP contribution in [0.2, 0.25) is 5.02 Å². The number of likely N-dealkylation sites (N-methyl/N-ethyl adjacent to an activating group) is 1. The first kappa shape index (κ1) is 23.3. The van der Waals surface area contributed by atoms with Crippen LogP contribution in [0.25, 0.3) is 0 Å². The summed E-state index contributed by atoms with van der Waals surface area (Å²) in [5.41, 5.74) is 0.0118. The number of benzene rings is 3. The number of carbonyl (C=O) groups excluding carboxylic acids is 1. The van der Waals surface area contributed by atoms with E-state index in [1.807, 2.05) is 0 Å². The lowest BCUT2D eigenvalue weighted by atomic mass is 9.77. The van der Waals surface area contributed by atoms with Crippen LogP contribution < -0.4 is 15.0 Å². The van der Waals surface area contributed by atoms with Crippen molar-refractivity contribution in [2.45, 2.75) is 11.6 Å². The Labute approximate surface area is 200 Å². The van der Waals surface area contributed by atoms with Gasteiger partial charge in [-0.05, 0) is 48.0 Å². The number of halogens is 1. The predicted molar refractivity (Wildman–Crippen MR) is 126 cm³/mol. The van der Waals surface area contributed by atoms with E-state index in [9.17, 15) is 19.5 Å². The normalized spacial score (nSPS) is 18.5. The molecule has 0 bridgehead atoms. The summed E-state index contributed by atoms with van der Waals surface area (Å²) in [6.45, 7) is -0.164. The quantitative estimate of drug-likeness (QED) is 0.495. The van der Waals surface area contributed by atoms with E-state index in [0.29, 0.717) is 21.8 Å². The van der Waals surface area contributed by atoms with E-state index in [1.165, 1.54) is 29.2 Å². The third-order valence-electron chi connectivity index (χ3n) is 5.84. The maximum absolute atomic E-state index is 12.8. The lowest BCUT2D eigenvalue weighted by molar-refractivity contribution is -0.149. The van der Waals surface area contributed by atoms with Crippen molar-refractivity contribution >= 4 is 35.1 Å². The molecule has 0 unspecified atom stereocenters. The molecule has 1 aliphatic heterocycles. The molecule has 2 atom stereocenters. The number of rotatable bonds is 6. The largest absolute Gasteiger partial charge is 0.478 e. The molecule has 0 saturated heterocycles. The van der Waals surface area contributed by atoms with Crippen molar-refractivity contribution in [2.75, 3.05) is 18.5 Å². The fourth-order valence-corrected chi connectivity index (χ4v) is 4.33. The average molecular weight is 481 g/mol. The molecule has 0 fully saturated rings. The summed E-state index contributed by atoms with van der Waals surface area (Å²) in [4.78, 5) is 38.2. The molecule has 1 aliphatic rings. The van der Waals surface area contributed by atoms with Gasteiger partial charge in [0.25, 0.3) is 0 Å². The van der Waals surface area contributed by atoms with E-state index in [-0.39, 0.29) is 23.8 Å². The summed E-state index contributed by atoms with van der Waals surface area (Å²) in [7, 11) is 1.61. The molecule has 3 N–H and O–H groups in total. The number of carbonyl (C=O) groups is 3. The van der Waals surface area contributed by atoms with Crippen LogP contribution in [-0.2, 0) is 15.1 Å². The van der Waals surface area contributed by atoms with Crippen molar-refractivity contribution < 1.29 is 29.3 Å². The smallest absolute Gasteiger partial charge is 0.347 e. The Balaban J connectivity index is 1.96. The van der Waals surface area contributed by atoms with E-state index in [4.69, 9.17) is 21.4 Å². The second kappa shape index (κ2) is 9.17. The number of carboxylic acids is 2. The molecule has 1 amide bonds. The van der Waals surface area contributed by atoms with Crippen molar-refractivity contribution in [1.29, 1.82) is 0 Å². The van der Waals surface area contributed by atoms with E-state index in [2.05, 4.69) is 5.32 Å². The molecule has 0 radical (unpaired) electrons. The van der Waals surface area contributed by atoms with Gasteiger partial charge in [0, 0.05) is 23.3 Å². The highest BCUT2D eigenvalue weighted by molar-refractivity contribution is 6.30. The van der Waals surface area contributed by atoms with Crippen molar-refractivity contribution in [1.82, 2.24) is 5.32 Å². The number of amides is 1. The van der Waals surface area contributed by atoms with Gasteiger partial charge in [-0.3, -0.25) is 10.1 Å². The van der Waals surface area contributed by atoms with Gasteiger partial charge < -0.3 is 19.8 Å². The zero-order valence-corrected chi connectivity index (χ0v) is 18.8. The second-order valence-electron chi connectivity index (χ2n) is 7.81. The summed E-state index contributed by atoms with van der Waals surface area (Å²) < 4.78 is 6.00. The molecule has 9 heteroatoms. The lowest BCUT2D eigenvalue weighted by Crippen LogP contribution is -2.58. The number of anilines is 1. The predicted octanol–water partition coefficient (Wildman–Crippen LogP) is 3.38. The first-order valence-electron chi connectivity index (χ1n) is 10.3. The minimum atomic E-state index is -1.55. The number of fused-ring (bicyclic) bond motifs is 1. The van der Waals surface area contributed by atoms with Crippen LogP contribution in [0.3, 0.4) is 0 Å². The van der Waals surface area contributed by atoms with Crippen molar-refractivity contribution in [2.24, 2.45) is 0 Å². The highest BCUT2D eigenvalue weighted by atomic mass is 35.5. The van der Waals surface area contributed by atoms with Crippen molar-refractivity contribution in [3.8, 4) is 5.75 Å². The highest BCUT2D eigenvalue weighted by Gasteiger charge is 2.51. The number of ether oxygens (including phenoxy) is 1. The van der Waals surface area contributed by atoms with E-state index in [0.717, 1.165) is 0 Å². The van der Waals surface area contributed by atoms with Crippen LogP contribution in [0.5, 0.6) is 5.75 Å². The van der Waals surface area contributed by atoms with Crippen LogP contribution >= 0.6 is 11.6 Å². The Hall–Kier alpha value is -3.88. The van der Waals surface area contributed by atoms with Gasteiger partial charge in [0.1, 0.15) is 11.3 Å². The molecule has 0 aromatic heterocycles. The Morgan fingerprint density at radius 3 is 2.35 bits per heavy atom. The first-order valence-corrected chi connectivity index (χ1v) is 10.7. The zero-order valence-electron chi connectivity index (χ0n) is 18.1. The van der Waals surface area contributed by atoms with Crippen LogP contribution in [0.1, 0.15) is 21.5 Å². The van der Waals surface area contributed by atoms with Crippen molar-refractivity contribution in [3.05, 3.63) is 94.5 Å². The van der Waals surface area contributed by atoms with E-state index < -0.39 is 23.6 Å². The maximum atomic E-state index is 12.8. The standard InChI is InChI=1S/C25H21ClN2O6/c1-28-20-12-9-17(26)13-19(20)25(27-14-21(28)29,16-5-3-2-4-6-16)22(24(32)33)34-18-10-7-15(8-11-18)23(30)31/h2-13,22,27H,14H2,1H3,(H,30,31)(H,32,33)/t22-,25+/m1/s1. The van der Waals surface area contributed by atoms with Crippen LogP contribution in [0.15, 0.2) is 72.8 Å². The lowest BCUT2D eigenvalue weighted by Gasteiger charge is -2.40. The van der Waals surface area contributed by atoms with Gasteiger partial charge in [-0.2, -0.15) is 0 Å². The summed E-state index contributed by atoms with van der Waals surface area (Å²) >= 11 is 6.35. The summed E-state index contributed by atoms with van der Waals surface area (Å²) in [5.74, 6) is -2.52. The molecule has 0 aliphatic carbocycles. The monoisotopic (exact) mass is 480 g/mol. The van der Waals surface area contributed by atoms with Gasteiger partial charge in [0.2, 0.25) is 12.0 Å². The minimum Gasteiger partial charge on any atom is -0.478 e. The van der Waals surface area contributed by atoms with Gasteiger partial charge in [0.05, 0.1) is 12.1 Å². The van der Waals surface area contributed by atoms with Gasteiger partial charge in [-0.1, -0.05) is 41.9 Å². The van der Waals surface area contributed by atoms with Crippen LogP contribution in [0.4, 0.5) is 5.69 Å². The van der Waals surface area contributed by atoms with Gasteiger partial charge in [-0.15, -0.1) is 0 Å². The summed E-state index contributed by atoms with van der Waals surface area (Å²) in [6, 6.07) is 19.2. The minimum absolute atomic E-state index is 0.0361. The number of carboxylic acid groups (broad SMARTS) is 2. The average Bonchev–Trinajstić information content (AvgIpc) is 2.93. The second-order valence-corrected chi connectivity index (χ2v) is 8.24. The SMILES string of the molecule is CN1C(=O)CN[C@](c2ccccc2)([C@H](Oc2ccc(C(=O)O)cc2)C(=O)O)c2cc(Cl)ccc21. The Morgan fingerprint density at radius 1 is 1.06 bits per heavy atom. The number of nitrogens with one attached hydrogen (secondary N) is 1. The fraction of sp³-hybridized carbons (Fsp3) is 0.160. The third-order valence-corrected chi connectivity index (χ3v) is 6.07. The molecule has 174 valence electrons. The fourth-order valence-electron chi connectivity index (χ4n) is 4.16. The molecule has 0 saturated carbocycles. The van der Waals surface area contributed by atoms with E-state index >= 15 is 0 Å². The van der Waals surface area contributed by atoms with Gasteiger partial charge in [0.15, 0.2) is 0 Å². The van der Waals surface area contributed by atoms with Crippen LogP contribution in [0, 0.1) is 0 Å². The highest BCUT2D eigenvalue weighted by Crippen LogP contribution is 2.43. The number of hydrogen-bond acceptors (Lipinski definition) is 5. The molecule has 34 heavy (non-hydrogen) atoms. The van der Waals surface area contributed by atoms with Crippen LogP contribution in [-0.4, -0.2) is 47.8 Å². The van der Waals surface area contributed by atoms with E-state index in [1.54, 1.807) is 55.6 Å². The number of aliphatic carboxylic acids is 1. The number of nitrogens with zero attached hydrogens (tertiary/aromatic N) is 1. The third kappa shape index (κ3) is 4.09. The molecule has 3 aromatic rings. The molecule has 8 nitrogen and oxygen atoms in total. The summed E-state index contributed by atoms with van der Waals surface area (Å²) in [6.07, 6.45) is -1.55. The molecular formula is C25H21ClN2O6. The first-order chi connectivity index (χ1) is 16.2. The Morgan fingerprint density at radius 2 is 1.74 bits per heavy atom. The number of hydrogen-bond donors (Lipinski definition) is 3. The van der Waals surface area contributed by atoms with Crippen molar-refractivity contribution in [3.63, 3.8) is 0 Å². The van der Waals surface area contributed by atoms with Gasteiger partial charge in [-0.25, -0.2) is 9.59 Å². The maximum Gasteiger partial charge on any atom is 0.347 e. The Kier molecular flexibility index (Phi) is 6.28. The molecular weight excluding hydrogens is 460 g/mol. The topological polar surface area (TPSA) is 116 Å². The summed E-state index contributed by atoms with van der Waals surface area (Å²) in [5, 5.41) is 23.1. The Bertz CT molecular complexity index is 1250. The molecule has 1 heterocycles. The molecule has 0 spiro atoms. The molecule has 4 rings (SSSR count).